The molecule has 0 aliphatic carbocycles. The lowest BCUT2D eigenvalue weighted by atomic mass is 10.1. The van der Waals surface area contributed by atoms with E-state index in [0.29, 0.717) is 19.1 Å². The zero-order valence-electron chi connectivity index (χ0n) is 9.38. The molecule has 88 valence electrons. The van der Waals surface area contributed by atoms with Crippen molar-refractivity contribution in [2.24, 2.45) is 0 Å². The van der Waals surface area contributed by atoms with Gasteiger partial charge in [0.25, 0.3) is 0 Å². The highest BCUT2D eigenvalue weighted by atomic mass is 35.5. The first kappa shape index (κ1) is 11.6. The Morgan fingerprint density at radius 3 is 2.62 bits per heavy atom. The van der Waals surface area contributed by atoms with E-state index < -0.39 is 0 Å². The summed E-state index contributed by atoms with van der Waals surface area (Å²) < 4.78 is 11.1. The molecule has 0 unspecified atom stereocenters. The minimum absolute atomic E-state index is 0.629. The average molecular weight is 242 g/mol. The van der Waals surface area contributed by atoms with Crippen molar-refractivity contribution in [2.75, 3.05) is 25.6 Å². The highest BCUT2D eigenvalue weighted by Gasteiger charge is 2.13. The van der Waals surface area contributed by atoms with E-state index in [1.54, 1.807) is 0 Å². The van der Waals surface area contributed by atoms with Crippen LogP contribution in [0.25, 0.3) is 0 Å². The molecule has 1 aliphatic rings. The third-order valence-corrected chi connectivity index (χ3v) is 2.78. The van der Waals surface area contributed by atoms with Gasteiger partial charge in [0.05, 0.1) is 0 Å². The maximum atomic E-state index is 5.62. The van der Waals surface area contributed by atoms with Gasteiger partial charge < -0.3 is 14.8 Å². The fraction of sp³-hybridized carbons (Fsp3) is 0.500. The first-order valence-corrected chi connectivity index (χ1v) is 6.00. The molecule has 2 rings (SSSR count). The Kier molecular flexibility index (Phi) is 3.91. The zero-order valence-corrected chi connectivity index (χ0v) is 10.1. The highest BCUT2D eigenvalue weighted by molar-refractivity contribution is 6.18. The third-order valence-electron chi connectivity index (χ3n) is 2.59. The van der Waals surface area contributed by atoms with Crippen LogP contribution >= 0.6 is 11.6 Å². The van der Waals surface area contributed by atoms with Gasteiger partial charge in [-0.2, -0.15) is 0 Å². The number of nitrogens with one attached hydrogen (secondary N) is 1. The van der Waals surface area contributed by atoms with Gasteiger partial charge in [-0.05, 0) is 30.2 Å². The lowest BCUT2D eigenvalue weighted by molar-refractivity contribution is 0.171. The molecule has 1 aliphatic heterocycles. The average Bonchev–Trinajstić information content (AvgIpc) is 2.30. The van der Waals surface area contributed by atoms with E-state index in [4.69, 9.17) is 21.1 Å². The molecule has 0 saturated carbocycles. The van der Waals surface area contributed by atoms with E-state index in [1.807, 2.05) is 12.1 Å². The Morgan fingerprint density at radius 1 is 1.25 bits per heavy atom. The summed E-state index contributed by atoms with van der Waals surface area (Å²) in [5.74, 6) is 2.33. The first-order valence-electron chi connectivity index (χ1n) is 5.47. The van der Waals surface area contributed by atoms with Gasteiger partial charge in [-0.3, -0.25) is 0 Å². The van der Waals surface area contributed by atoms with E-state index >= 15 is 0 Å². The summed E-state index contributed by atoms with van der Waals surface area (Å²) in [5.41, 5.74) is 2.45. The van der Waals surface area contributed by atoms with Gasteiger partial charge in [0.2, 0.25) is 0 Å². The number of fused-ring (bicyclic) bond motifs is 1. The number of ether oxygens (including phenoxy) is 2. The second kappa shape index (κ2) is 5.41. The number of hydrogen-bond donors (Lipinski definition) is 1. The third kappa shape index (κ3) is 2.60. The normalized spacial score (nSPS) is 13.9. The Hall–Kier alpha value is -0.930. The van der Waals surface area contributed by atoms with Crippen molar-refractivity contribution in [1.29, 1.82) is 0 Å². The van der Waals surface area contributed by atoms with Crippen LogP contribution in [0.2, 0.25) is 0 Å². The summed E-state index contributed by atoms with van der Waals surface area (Å²) in [6.07, 6.45) is 0. The molecule has 0 fully saturated rings. The largest absolute Gasteiger partial charge is 0.486 e. The fourth-order valence-electron chi connectivity index (χ4n) is 1.71. The van der Waals surface area contributed by atoms with Crippen LogP contribution < -0.4 is 14.8 Å². The molecular weight excluding hydrogens is 226 g/mol. The lowest BCUT2D eigenvalue weighted by Gasteiger charge is -2.20. The van der Waals surface area contributed by atoms with E-state index in [9.17, 15) is 0 Å². The number of aryl methyl sites for hydroxylation is 1. The van der Waals surface area contributed by atoms with Gasteiger partial charge in [0.15, 0.2) is 11.5 Å². The molecule has 3 nitrogen and oxygen atoms in total. The Morgan fingerprint density at radius 2 is 1.94 bits per heavy atom. The first-order chi connectivity index (χ1) is 7.81. The van der Waals surface area contributed by atoms with E-state index in [-0.39, 0.29) is 0 Å². The summed E-state index contributed by atoms with van der Waals surface area (Å²) in [6.45, 7) is 4.97. The molecule has 0 amide bonds. The molecule has 4 heteroatoms. The molecule has 1 aromatic rings. The number of hydrogen-bond acceptors (Lipinski definition) is 3. The minimum Gasteiger partial charge on any atom is -0.486 e. The summed E-state index contributed by atoms with van der Waals surface area (Å²) in [6, 6.07) is 4.08. The van der Waals surface area contributed by atoms with Gasteiger partial charge in [-0.1, -0.05) is 0 Å². The quantitative estimate of drug-likeness (QED) is 0.647. The Labute approximate surface area is 101 Å². The Bertz CT molecular complexity index is 368. The summed E-state index contributed by atoms with van der Waals surface area (Å²) >= 11 is 5.62. The molecule has 1 N–H and O–H groups in total. The maximum Gasteiger partial charge on any atom is 0.161 e. The summed E-state index contributed by atoms with van der Waals surface area (Å²) in [5, 5.41) is 3.27. The molecule has 0 bridgehead atoms. The minimum atomic E-state index is 0.629. The maximum absolute atomic E-state index is 5.62. The van der Waals surface area contributed by atoms with Crippen LogP contribution in [0.3, 0.4) is 0 Å². The van der Waals surface area contributed by atoms with Crippen molar-refractivity contribution < 1.29 is 9.47 Å². The van der Waals surface area contributed by atoms with Crippen molar-refractivity contribution in [1.82, 2.24) is 5.32 Å². The van der Waals surface area contributed by atoms with Gasteiger partial charge in [0, 0.05) is 19.0 Å². The molecule has 0 radical (unpaired) electrons. The van der Waals surface area contributed by atoms with Crippen LogP contribution in [0.1, 0.15) is 11.1 Å². The van der Waals surface area contributed by atoms with Gasteiger partial charge in [0.1, 0.15) is 13.2 Å². The van der Waals surface area contributed by atoms with E-state index in [0.717, 1.165) is 24.6 Å². The van der Waals surface area contributed by atoms with Crippen LogP contribution in [0, 0.1) is 6.92 Å². The topological polar surface area (TPSA) is 30.5 Å². The van der Waals surface area contributed by atoms with Crippen molar-refractivity contribution in [2.45, 2.75) is 13.5 Å². The van der Waals surface area contributed by atoms with Crippen molar-refractivity contribution in [3.63, 3.8) is 0 Å². The molecule has 16 heavy (non-hydrogen) atoms. The van der Waals surface area contributed by atoms with Crippen LogP contribution in [0.5, 0.6) is 11.5 Å². The molecule has 0 spiro atoms. The van der Waals surface area contributed by atoms with Crippen LogP contribution in [-0.2, 0) is 6.54 Å². The molecule has 1 heterocycles. The smallest absolute Gasteiger partial charge is 0.161 e. The van der Waals surface area contributed by atoms with Crippen molar-refractivity contribution in [3.8, 4) is 11.5 Å². The summed E-state index contributed by atoms with van der Waals surface area (Å²) in [7, 11) is 0. The van der Waals surface area contributed by atoms with Crippen LogP contribution in [0.4, 0.5) is 0 Å². The molecular formula is C12H16ClNO2. The standard InChI is InChI=1S/C12H16ClNO2/c1-9-6-11-12(16-5-4-15-11)7-10(9)8-14-3-2-13/h6-7,14H,2-5,8H2,1H3. The predicted molar refractivity (Wildman–Crippen MR) is 64.6 cm³/mol. The summed E-state index contributed by atoms with van der Waals surface area (Å²) in [4.78, 5) is 0. The second-order valence-corrected chi connectivity index (χ2v) is 4.17. The Balaban J connectivity index is 2.12. The van der Waals surface area contributed by atoms with Crippen LogP contribution in [0.15, 0.2) is 12.1 Å². The predicted octanol–water partition coefficient (Wildman–Crippen LogP) is 2.09. The SMILES string of the molecule is Cc1cc2c(cc1CNCCCl)OCCO2. The van der Waals surface area contributed by atoms with E-state index in [2.05, 4.69) is 12.2 Å². The van der Waals surface area contributed by atoms with Gasteiger partial charge in [-0.25, -0.2) is 0 Å². The highest BCUT2D eigenvalue weighted by Crippen LogP contribution is 2.32. The van der Waals surface area contributed by atoms with Crippen molar-refractivity contribution in [3.05, 3.63) is 23.3 Å². The number of rotatable bonds is 4. The number of halogens is 1. The molecule has 0 saturated heterocycles. The monoisotopic (exact) mass is 241 g/mol. The lowest BCUT2D eigenvalue weighted by Crippen LogP contribution is -2.18. The number of benzene rings is 1. The zero-order chi connectivity index (χ0) is 11.4. The molecule has 1 aromatic carbocycles. The van der Waals surface area contributed by atoms with Crippen molar-refractivity contribution >= 4 is 11.6 Å². The molecule has 0 atom stereocenters. The van der Waals surface area contributed by atoms with E-state index in [1.165, 1.54) is 11.1 Å². The van der Waals surface area contributed by atoms with Crippen LogP contribution in [-0.4, -0.2) is 25.6 Å². The fourth-order valence-corrected chi connectivity index (χ4v) is 1.85. The second-order valence-electron chi connectivity index (χ2n) is 3.79. The van der Waals surface area contributed by atoms with Gasteiger partial charge in [-0.15, -0.1) is 11.6 Å². The van der Waals surface area contributed by atoms with Gasteiger partial charge >= 0.3 is 0 Å². The number of alkyl halides is 1. The molecule has 0 aromatic heterocycles.